The molecule has 4 aromatic rings. The fourth-order valence-electron chi connectivity index (χ4n) is 3.78. The Labute approximate surface area is 216 Å². The molecule has 0 amide bonds. The Morgan fingerprint density at radius 2 is 2.03 bits per heavy atom. The molecule has 0 saturated carbocycles. The van der Waals surface area contributed by atoms with Crippen LogP contribution in [-0.4, -0.2) is 43.2 Å². The van der Waals surface area contributed by atoms with Gasteiger partial charge in [0.1, 0.15) is 23.6 Å². The van der Waals surface area contributed by atoms with Crippen LogP contribution in [0.1, 0.15) is 26.0 Å². The van der Waals surface area contributed by atoms with Crippen LogP contribution in [-0.2, 0) is 17.9 Å². The largest absolute Gasteiger partial charge is 0.598 e. The predicted molar refractivity (Wildman–Crippen MR) is 139 cm³/mol. The third kappa shape index (κ3) is 5.26. The molecule has 36 heavy (non-hydrogen) atoms. The third-order valence-corrected chi connectivity index (χ3v) is 7.77. The predicted octanol–water partition coefficient (Wildman–Crippen LogP) is 4.16. The van der Waals surface area contributed by atoms with Crippen LogP contribution in [0.3, 0.4) is 0 Å². The minimum absolute atomic E-state index is 0.173. The van der Waals surface area contributed by atoms with Gasteiger partial charge in [0.15, 0.2) is 33.6 Å². The van der Waals surface area contributed by atoms with Crippen LogP contribution in [0, 0.1) is 12.8 Å². The molecule has 10 nitrogen and oxygen atoms in total. The van der Waals surface area contributed by atoms with Crippen LogP contribution < -0.4 is 19.9 Å². The van der Waals surface area contributed by atoms with E-state index in [2.05, 4.69) is 28.5 Å². The summed E-state index contributed by atoms with van der Waals surface area (Å²) >= 11 is 0.358. The van der Waals surface area contributed by atoms with Gasteiger partial charge in [-0.3, -0.25) is 0 Å². The Morgan fingerprint density at radius 3 is 2.78 bits per heavy atom. The molecule has 0 bridgehead atoms. The molecule has 1 aliphatic rings. The maximum atomic E-state index is 12.4. The lowest BCUT2D eigenvalue weighted by Crippen LogP contribution is -2.30. The number of hydrogen-bond donors (Lipinski definition) is 2. The highest BCUT2D eigenvalue weighted by atomic mass is 32.2. The SMILES string of the molecule is Cc1ccc(-c2cc3c(cc2Sc2nc4c(N)ncnc4n2CCC[S+]([O-])NCC(C)C)OCO3)o1. The molecule has 3 N–H and O–H groups in total. The molecule has 0 spiro atoms. The topological polar surface area (TPSA) is 136 Å². The van der Waals surface area contributed by atoms with Crippen molar-refractivity contribution in [1.82, 2.24) is 24.2 Å². The summed E-state index contributed by atoms with van der Waals surface area (Å²) in [4.78, 5) is 14.2. The fourth-order valence-corrected chi connectivity index (χ4v) is 5.89. The maximum absolute atomic E-state index is 12.4. The Bertz CT molecular complexity index is 1370. The Kier molecular flexibility index (Phi) is 7.28. The number of ether oxygens (including phenoxy) is 2. The lowest BCUT2D eigenvalue weighted by atomic mass is 10.1. The second-order valence-corrected chi connectivity index (χ2v) is 11.2. The summed E-state index contributed by atoms with van der Waals surface area (Å²) in [5.74, 6) is 4.13. The smallest absolute Gasteiger partial charge is 0.231 e. The second kappa shape index (κ2) is 10.6. The molecule has 1 atom stereocenters. The van der Waals surface area contributed by atoms with Crippen molar-refractivity contribution in [3.05, 3.63) is 36.4 Å². The van der Waals surface area contributed by atoms with Gasteiger partial charge < -0.3 is 28.7 Å². The molecule has 12 heteroatoms. The molecule has 0 radical (unpaired) electrons. The number of aromatic nitrogens is 4. The van der Waals surface area contributed by atoms with Gasteiger partial charge >= 0.3 is 0 Å². The van der Waals surface area contributed by atoms with Gasteiger partial charge in [0, 0.05) is 41.3 Å². The summed E-state index contributed by atoms with van der Waals surface area (Å²) < 4.78 is 34.6. The van der Waals surface area contributed by atoms with Gasteiger partial charge in [0.2, 0.25) is 6.79 Å². The van der Waals surface area contributed by atoms with Crippen LogP contribution in [0.25, 0.3) is 22.5 Å². The summed E-state index contributed by atoms with van der Waals surface area (Å²) in [6.45, 7) is 7.54. The highest BCUT2D eigenvalue weighted by molar-refractivity contribution is 7.99. The lowest BCUT2D eigenvalue weighted by Gasteiger charge is -2.14. The number of fused-ring (bicyclic) bond motifs is 2. The van der Waals surface area contributed by atoms with Crippen molar-refractivity contribution >= 4 is 40.1 Å². The summed E-state index contributed by atoms with van der Waals surface area (Å²) in [6, 6.07) is 7.72. The van der Waals surface area contributed by atoms with Crippen molar-refractivity contribution in [2.24, 2.45) is 5.92 Å². The number of benzene rings is 1. The Morgan fingerprint density at radius 1 is 1.22 bits per heavy atom. The minimum Gasteiger partial charge on any atom is -0.598 e. The van der Waals surface area contributed by atoms with E-state index in [9.17, 15) is 4.55 Å². The van der Waals surface area contributed by atoms with Crippen LogP contribution in [0.4, 0.5) is 5.82 Å². The van der Waals surface area contributed by atoms with Gasteiger partial charge in [-0.15, -0.1) is 4.72 Å². The average molecular weight is 529 g/mol. The normalized spacial score (nSPS) is 13.7. The van der Waals surface area contributed by atoms with E-state index in [1.807, 2.05) is 35.8 Å². The van der Waals surface area contributed by atoms with E-state index in [-0.39, 0.29) is 6.79 Å². The molecule has 4 heterocycles. The number of aryl methyl sites for hydroxylation is 2. The quantitative estimate of drug-likeness (QED) is 0.289. The Balaban J connectivity index is 1.47. The van der Waals surface area contributed by atoms with E-state index in [4.69, 9.17) is 24.6 Å². The molecule has 1 aromatic carbocycles. The highest BCUT2D eigenvalue weighted by Crippen LogP contribution is 2.45. The van der Waals surface area contributed by atoms with Crippen LogP contribution in [0.2, 0.25) is 0 Å². The second-order valence-electron chi connectivity index (χ2n) is 8.84. The summed E-state index contributed by atoms with van der Waals surface area (Å²) in [5.41, 5.74) is 8.18. The zero-order valence-corrected chi connectivity index (χ0v) is 21.9. The van der Waals surface area contributed by atoms with E-state index in [0.717, 1.165) is 22.0 Å². The van der Waals surface area contributed by atoms with Crippen molar-refractivity contribution in [2.45, 2.75) is 43.8 Å². The van der Waals surface area contributed by atoms with E-state index in [1.165, 1.54) is 18.1 Å². The highest BCUT2D eigenvalue weighted by Gasteiger charge is 2.23. The minimum atomic E-state index is -1.10. The number of nitrogen functional groups attached to an aromatic ring is 1. The first kappa shape index (κ1) is 24.8. The number of anilines is 1. The van der Waals surface area contributed by atoms with E-state index >= 15 is 0 Å². The van der Waals surface area contributed by atoms with Crippen molar-refractivity contribution in [2.75, 3.05) is 24.8 Å². The summed E-state index contributed by atoms with van der Waals surface area (Å²) in [5, 5.41) is 0.696. The molecular formula is C24H28N6O4S2. The zero-order chi connectivity index (χ0) is 25.2. The van der Waals surface area contributed by atoms with Crippen molar-refractivity contribution < 1.29 is 18.4 Å². The van der Waals surface area contributed by atoms with E-state index in [1.54, 1.807) is 0 Å². The van der Waals surface area contributed by atoms with Crippen molar-refractivity contribution in [1.29, 1.82) is 0 Å². The molecule has 1 unspecified atom stereocenters. The molecule has 0 fully saturated rings. The van der Waals surface area contributed by atoms with Crippen LogP contribution in [0.5, 0.6) is 11.5 Å². The van der Waals surface area contributed by atoms with Crippen LogP contribution in [0.15, 0.2) is 45.1 Å². The first-order valence-electron chi connectivity index (χ1n) is 11.7. The number of nitrogens with two attached hydrogens (primary N) is 1. The lowest BCUT2D eigenvalue weighted by molar-refractivity contribution is 0.174. The first-order valence-corrected chi connectivity index (χ1v) is 13.8. The standard InChI is InChI=1S/C24H28N6O4S2/c1-14(2)11-28-36(31)8-4-7-30-23-21(22(25)26-12-27-23)29-24(30)35-20-10-19-18(32-13-33-19)9-16(20)17-6-5-15(3)34-17/h5-6,9-10,12,14,28H,4,7-8,11,13H2,1-3H3,(H2,25,26,27). The molecule has 190 valence electrons. The number of furan rings is 1. The maximum Gasteiger partial charge on any atom is 0.231 e. The van der Waals surface area contributed by atoms with Crippen molar-refractivity contribution in [3.63, 3.8) is 0 Å². The summed E-state index contributed by atoms with van der Waals surface area (Å²) in [7, 11) is 0. The van der Waals surface area contributed by atoms with Gasteiger partial charge in [-0.1, -0.05) is 25.6 Å². The number of nitrogens with one attached hydrogen (secondary N) is 1. The molecule has 0 saturated heterocycles. The molecular weight excluding hydrogens is 500 g/mol. The average Bonchev–Trinajstić information content (AvgIpc) is 3.57. The molecule has 1 aliphatic heterocycles. The molecule has 3 aromatic heterocycles. The van der Waals surface area contributed by atoms with Gasteiger partial charge in [-0.25, -0.2) is 15.0 Å². The van der Waals surface area contributed by atoms with Crippen molar-refractivity contribution in [3.8, 4) is 22.8 Å². The van der Waals surface area contributed by atoms with Gasteiger partial charge in [0.05, 0.1) is 0 Å². The molecule has 0 aliphatic carbocycles. The van der Waals surface area contributed by atoms with Gasteiger partial charge in [-0.05, 0) is 37.1 Å². The number of hydrogen-bond acceptors (Lipinski definition) is 10. The fraction of sp³-hybridized carbons (Fsp3) is 0.375. The Hall–Kier alpha value is -2.93. The third-order valence-electron chi connectivity index (χ3n) is 5.57. The number of nitrogens with zero attached hydrogens (tertiary/aromatic N) is 4. The van der Waals surface area contributed by atoms with E-state index < -0.39 is 11.4 Å². The first-order chi connectivity index (χ1) is 17.4. The number of imidazole rings is 1. The van der Waals surface area contributed by atoms with E-state index in [0.29, 0.717) is 64.8 Å². The van der Waals surface area contributed by atoms with Gasteiger partial charge in [-0.2, -0.15) is 0 Å². The van der Waals surface area contributed by atoms with Crippen LogP contribution >= 0.6 is 11.8 Å². The monoisotopic (exact) mass is 528 g/mol. The molecule has 5 rings (SSSR count). The summed E-state index contributed by atoms with van der Waals surface area (Å²) in [6.07, 6.45) is 2.11. The number of rotatable bonds is 10. The van der Waals surface area contributed by atoms with Gasteiger partial charge in [0.25, 0.3) is 0 Å². The zero-order valence-electron chi connectivity index (χ0n) is 20.3.